The highest BCUT2D eigenvalue weighted by Gasteiger charge is 2.38. The van der Waals surface area contributed by atoms with Gasteiger partial charge in [-0.3, -0.25) is 9.89 Å². The van der Waals surface area contributed by atoms with Gasteiger partial charge in [-0.05, 0) is 43.2 Å². The van der Waals surface area contributed by atoms with Crippen LogP contribution in [0.15, 0.2) is 34.9 Å². The predicted molar refractivity (Wildman–Crippen MR) is 88.9 cm³/mol. The van der Waals surface area contributed by atoms with Crippen molar-refractivity contribution in [2.75, 3.05) is 13.1 Å². The minimum atomic E-state index is -0.307. The number of aromatic nitrogens is 4. The van der Waals surface area contributed by atoms with Gasteiger partial charge in [-0.1, -0.05) is 5.16 Å². The number of carbonyl (C=O) groups is 1. The van der Waals surface area contributed by atoms with Crippen molar-refractivity contribution in [1.82, 2.24) is 25.2 Å². The first-order chi connectivity index (χ1) is 12.7. The van der Waals surface area contributed by atoms with E-state index in [0.717, 1.165) is 24.2 Å². The quantitative estimate of drug-likeness (QED) is 0.779. The zero-order valence-corrected chi connectivity index (χ0v) is 13.9. The summed E-state index contributed by atoms with van der Waals surface area (Å²) in [6, 6.07) is 7.68. The van der Waals surface area contributed by atoms with E-state index in [0.29, 0.717) is 36.3 Å². The van der Waals surface area contributed by atoms with E-state index in [-0.39, 0.29) is 17.6 Å². The van der Waals surface area contributed by atoms with Crippen LogP contribution in [0.25, 0.3) is 11.3 Å². The Hall–Kier alpha value is -3.03. The molecule has 2 aliphatic rings. The fourth-order valence-corrected chi connectivity index (χ4v) is 3.09. The second kappa shape index (κ2) is 5.76. The number of aromatic amines is 1. The van der Waals surface area contributed by atoms with Crippen LogP contribution in [-0.4, -0.2) is 44.2 Å². The summed E-state index contributed by atoms with van der Waals surface area (Å²) in [5.74, 6) is 1.54. The lowest BCUT2D eigenvalue weighted by atomic mass is 9.99. The van der Waals surface area contributed by atoms with Crippen molar-refractivity contribution < 1.29 is 13.7 Å². The SMILES string of the molecule is O=C(c1cc(-c2ccc(F)cc2)n[nH]1)N1CC(c2nc(C3CC3)no2)C1. The first-order valence-electron chi connectivity index (χ1n) is 8.61. The molecule has 0 spiro atoms. The lowest BCUT2D eigenvalue weighted by molar-refractivity contribution is 0.0563. The monoisotopic (exact) mass is 353 g/mol. The Morgan fingerprint density at radius 3 is 2.69 bits per heavy atom. The van der Waals surface area contributed by atoms with Crippen LogP contribution >= 0.6 is 0 Å². The molecule has 1 aliphatic carbocycles. The molecule has 26 heavy (non-hydrogen) atoms. The van der Waals surface area contributed by atoms with Crippen LogP contribution in [0.3, 0.4) is 0 Å². The summed E-state index contributed by atoms with van der Waals surface area (Å²) >= 11 is 0. The number of carbonyl (C=O) groups excluding carboxylic acids is 1. The topological polar surface area (TPSA) is 87.9 Å². The van der Waals surface area contributed by atoms with Gasteiger partial charge in [-0.25, -0.2) is 4.39 Å². The van der Waals surface area contributed by atoms with Crippen LogP contribution in [0.5, 0.6) is 0 Å². The van der Waals surface area contributed by atoms with Gasteiger partial charge in [0.25, 0.3) is 5.91 Å². The summed E-state index contributed by atoms with van der Waals surface area (Å²) in [5, 5.41) is 10.9. The summed E-state index contributed by atoms with van der Waals surface area (Å²) < 4.78 is 18.3. The van der Waals surface area contributed by atoms with Gasteiger partial charge in [-0.15, -0.1) is 0 Å². The number of likely N-dealkylation sites (tertiary alicyclic amines) is 1. The molecule has 1 N–H and O–H groups in total. The standard InChI is InChI=1S/C18H16FN5O2/c19-13-5-3-10(4-6-13)14-7-15(22-21-14)18(25)24-8-12(9-24)17-20-16(23-26-17)11-1-2-11/h3-7,11-12H,1-2,8-9H2,(H,21,22). The zero-order valence-electron chi connectivity index (χ0n) is 13.9. The third-order valence-electron chi connectivity index (χ3n) is 4.87. The fraction of sp³-hybridized carbons (Fsp3) is 0.333. The zero-order chi connectivity index (χ0) is 17.7. The number of nitrogens with zero attached hydrogens (tertiary/aromatic N) is 4. The average molecular weight is 353 g/mol. The number of hydrogen-bond acceptors (Lipinski definition) is 5. The van der Waals surface area contributed by atoms with E-state index < -0.39 is 0 Å². The molecule has 2 fully saturated rings. The van der Waals surface area contributed by atoms with Gasteiger partial charge >= 0.3 is 0 Å². The summed E-state index contributed by atoms with van der Waals surface area (Å²) in [6.45, 7) is 1.10. The molecule has 0 unspecified atom stereocenters. The summed E-state index contributed by atoms with van der Waals surface area (Å²) in [5.41, 5.74) is 1.77. The molecule has 1 saturated heterocycles. The third-order valence-corrected chi connectivity index (χ3v) is 4.87. The van der Waals surface area contributed by atoms with Crippen molar-refractivity contribution in [2.45, 2.75) is 24.7 Å². The van der Waals surface area contributed by atoms with E-state index >= 15 is 0 Å². The number of benzene rings is 1. The normalized spacial score (nSPS) is 17.3. The van der Waals surface area contributed by atoms with E-state index in [1.165, 1.54) is 12.1 Å². The Balaban J connectivity index is 1.24. The Labute approximate surface area is 148 Å². The molecule has 132 valence electrons. The second-order valence-corrected chi connectivity index (χ2v) is 6.85. The van der Waals surface area contributed by atoms with Crippen LogP contribution in [0.2, 0.25) is 0 Å². The van der Waals surface area contributed by atoms with Gasteiger partial charge < -0.3 is 9.42 Å². The summed E-state index contributed by atoms with van der Waals surface area (Å²) in [6.07, 6.45) is 2.26. The molecular formula is C18H16FN5O2. The van der Waals surface area contributed by atoms with Crippen molar-refractivity contribution in [3.63, 3.8) is 0 Å². The first kappa shape index (κ1) is 15.2. The van der Waals surface area contributed by atoms with Crippen molar-refractivity contribution in [3.8, 4) is 11.3 Å². The molecule has 0 bridgehead atoms. The first-order valence-corrected chi connectivity index (χ1v) is 8.61. The molecule has 3 aromatic rings. The Bertz CT molecular complexity index is 954. The maximum absolute atomic E-state index is 13.0. The number of rotatable bonds is 4. The average Bonchev–Trinajstić information content (AvgIpc) is 3.14. The number of halogens is 1. The molecule has 1 saturated carbocycles. The van der Waals surface area contributed by atoms with Crippen LogP contribution in [0.1, 0.15) is 46.9 Å². The van der Waals surface area contributed by atoms with Crippen molar-refractivity contribution in [2.24, 2.45) is 0 Å². The molecule has 8 heteroatoms. The highest BCUT2D eigenvalue weighted by Crippen LogP contribution is 2.39. The number of amides is 1. The Kier molecular flexibility index (Phi) is 3.37. The number of H-pyrrole nitrogens is 1. The van der Waals surface area contributed by atoms with E-state index in [9.17, 15) is 9.18 Å². The maximum Gasteiger partial charge on any atom is 0.271 e. The Morgan fingerprint density at radius 2 is 1.96 bits per heavy atom. The van der Waals surface area contributed by atoms with Crippen LogP contribution in [0.4, 0.5) is 4.39 Å². The lowest BCUT2D eigenvalue weighted by Crippen LogP contribution is -2.48. The van der Waals surface area contributed by atoms with Crippen molar-refractivity contribution in [1.29, 1.82) is 0 Å². The van der Waals surface area contributed by atoms with E-state index in [2.05, 4.69) is 20.3 Å². The summed E-state index contributed by atoms with van der Waals surface area (Å²) in [7, 11) is 0. The number of hydrogen-bond donors (Lipinski definition) is 1. The smallest absolute Gasteiger partial charge is 0.271 e. The molecule has 5 rings (SSSR count). The largest absolute Gasteiger partial charge is 0.339 e. The molecule has 2 aromatic heterocycles. The Morgan fingerprint density at radius 1 is 1.19 bits per heavy atom. The van der Waals surface area contributed by atoms with Crippen molar-refractivity contribution >= 4 is 5.91 Å². The van der Waals surface area contributed by atoms with E-state index in [1.807, 2.05) is 0 Å². The summed E-state index contributed by atoms with van der Waals surface area (Å²) in [4.78, 5) is 18.7. The van der Waals surface area contributed by atoms with Gasteiger partial charge in [-0.2, -0.15) is 10.1 Å². The maximum atomic E-state index is 13.0. The third kappa shape index (κ3) is 2.67. The number of nitrogens with one attached hydrogen (secondary N) is 1. The minimum absolute atomic E-state index is 0.0958. The molecule has 0 atom stereocenters. The highest BCUT2D eigenvalue weighted by molar-refractivity contribution is 5.94. The fourth-order valence-electron chi connectivity index (χ4n) is 3.09. The van der Waals surface area contributed by atoms with Crippen LogP contribution < -0.4 is 0 Å². The molecular weight excluding hydrogens is 337 g/mol. The predicted octanol–water partition coefficient (Wildman–Crippen LogP) is 2.72. The minimum Gasteiger partial charge on any atom is -0.339 e. The molecule has 3 heterocycles. The molecule has 1 aliphatic heterocycles. The van der Waals surface area contributed by atoms with Gasteiger partial charge in [0, 0.05) is 24.6 Å². The molecule has 0 radical (unpaired) electrons. The highest BCUT2D eigenvalue weighted by atomic mass is 19.1. The molecule has 1 amide bonds. The lowest BCUT2D eigenvalue weighted by Gasteiger charge is -2.36. The van der Waals surface area contributed by atoms with Crippen LogP contribution in [-0.2, 0) is 0 Å². The van der Waals surface area contributed by atoms with E-state index in [1.54, 1.807) is 23.1 Å². The second-order valence-electron chi connectivity index (χ2n) is 6.85. The van der Waals surface area contributed by atoms with E-state index in [4.69, 9.17) is 4.52 Å². The molecule has 1 aromatic carbocycles. The van der Waals surface area contributed by atoms with Gasteiger partial charge in [0.2, 0.25) is 5.89 Å². The van der Waals surface area contributed by atoms with Gasteiger partial charge in [0.1, 0.15) is 11.5 Å². The van der Waals surface area contributed by atoms with Crippen molar-refractivity contribution in [3.05, 3.63) is 53.6 Å². The van der Waals surface area contributed by atoms with Gasteiger partial charge in [0.15, 0.2) is 5.82 Å². The molecule has 7 nitrogen and oxygen atoms in total. The van der Waals surface area contributed by atoms with Gasteiger partial charge in [0.05, 0.1) is 11.6 Å². The van der Waals surface area contributed by atoms with Crippen LogP contribution in [0, 0.1) is 5.82 Å².